The van der Waals surface area contributed by atoms with E-state index < -0.39 is 0 Å². The Labute approximate surface area is 270 Å². The first kappa shape index (κ1) is 32.4. The average Bonchev–Trinajstić information content (AvgIpc) is 3.09. The van der Waals surface area contributed by atoms with Gasteiger partial charge in [-0.15, -0.1) is 0 Å². The van der Waals surface area contributed by atoms with Crippen molar-refractivity contribution in [1.29, 1.82) is 0 Å². The van der Waals surface area contributed by atoms with Crippen LogP contribution in [0.15, 0.2) is 110 Å². The summed E-state index contributed by atoms with van der Waals surface area (Å²) in [6.45, 7) is 7.24. The second kappa shape index (κ2) is 15.8. The van der Waals surface area contributed by atoms with E-state index in [-0.39, 0.29) is 12.1 Å². The first-order valence-corrected chi connectivity index (χ1v) is 15.3. The van der Waals surface area contributed by atoms with Gasteiger partial charge in [0, 0.05) is 73.8 Å². The third-order valence-corrected chi connectivity index (χ3v) is 7.76. The van der Waals surface area contributed by atoms with E-state index in [4.69, 9.17) is 11.5 Å². The summed E-state index contributed by atoms with van der Waals surface area (Å²) in [7, 11) is 2.16. The molecule has 1 saturated heterocycles. The van der Waals surface area contributed by atoms with Crippen LogP contribution in [0.2, 0.25) is 0 Å². The van der Waals surface area contributed by atoms with Crippen LogP contribution in [-0.2, 0) is 6.54 Å². The first-order chi connectivity index (χ1) is 22.3. The number of piperazine rings is 1. The highest BCUT2D eigenvalue weighted by Gasteiger charge is 2.14. The number of aromatic nitrogens is 3. The molecule has 0 spiro atoms. The molecule has 1 aliphatic rings. The Morgan fingerprint density at radius 2 is 1.65 bits per heavy atom. The van der Waals surface area contributed by atoms with Gasteiger partial charge in [-0.05, 0) is 73.1 Å². The fourth-order valence-electron chi connectivity index (χ4n) is 4.95. The summed E-state index contributed by atoms with van der Waals surface area (Å²) in [6.07, 6.45) is 4.88. The average molecular weight is 616 g/mol. The minimum Gasteiger partial charge on any atom is -0.324 e. The number of likely N-dealkylation sites (N-methyl/N-ethyl adjacent to an activating group) is 1. The molecule has 6 rings (SSSR count). The van der Waals surface area contributed by atoms with Crippen LogP contribution in [0, 0.1) is 6.92 Å². The van der Waals surface area contributed by atoms with E-state index in [0.29, 0.717) is 17.2 Å². The number of hydrogen-bond donors (Lipinski definition) is 4. The monoisotopic (exact) mass is 615 g/mol. The molecule has 5 aromatic rings. The Kier molecular flexibility index (Phi) is 11.1. The van der Waals surface area contributed by atoms with E-state index in [1.54, 1.807) is 18.6 Å². The van der Waals surface area contributed by atoms with Gasteiger partial charge < -0.3 is 27.0 Å². The zero-order chi connectivity index (χ0) is 32.3. The second-order valence-corrected chi connectivity index (χ2v) is 11.3. The summed E-state index contributed by atoms with van der Waals surface area (Å²) in [5, 5.41) is 6.29. The lowest BCUT2D eigenvalue weighted by molar-refractivity contribution is 0.102. The van der Waals surface area contributed by atoms with Gasteiger partial charge in [0.15, 0.2) is 0 Å². The maximum absolute atomic E-state index is 12.9. The standard InChI is InChI=1S/C29H31N7O.C7H10N2/c1-21-5-10-25(18-27(21)34-29-31-13-11-26(33-29)24-4-3-12-30-19-24)32-28(37)23-8-6-22(7-9-23)20-36-16-14-35(2)15-17-36;8-7(9)6-4-2-1-3-5-6/h3-13,18-19H,14-17,20H2,1-2H3,(H,32,37)(H,31,33,34);1-5,7H,8-9H2. The van der Waals surface area contributed by atoms with Gasteiger partial charge in [-0.1, -0.05) is 48.5 Å². The zero-order valence-corrected chi connectivity index (χ0v) is 26.3. The predicted molar refractivity (Wildman–Crippen MR) is 184 cm³/mol. The number of carbonyl (C=O) groups excluding carboxylic acids is 1. The van der Waals surface area contributed by atoms with Gasteiger partial charge in [0.25, 0.3) is 5.91 Å². The van der Waals surface area contributed by atoms with Gasteiger partial charge in [0.1, 0.15) is 0 Å². The number of carbonyl (C=O) groups is 1. The Morgan fingerprint density at radius 1 is 0.891 bits per heavy atom. The molecule has 0 unspecified atom stereocenters. The molecule has 3 aromatic carbocycles. The maximum atomic E-state index is 12.9. The summed E-state index contributed by atoms with van der Waals surface area (Å²) in [5.41, 5.74) is 17.8. The Bertz CT molecular complexity index is 1690. The second-order valence-electron chi connectivity index (χ2n) is 11.3. The fraction of sp³-hybridized carbons (Fsp3) is 0.222. The van der Waals surface area contributed by atoms with Crippen LogP contribution in [0.25, 0.3) is 11.3 Å². The number of hydrogen-bond acceptors (Lipinski definition) is 9. The van der Waals surface area contributed by atoms with Crippen molar-refractivity contribution in [3.8, 4) is 11.3 Å². The van der Waals surface area contributed by atoms with Crippen LogP contribution < -0.4 is 22.1 Å². The molecule has 0 atom stereocenters. The number of amides is 1. The lowest BCUT2D eigenvalue weighted by atomic mass is 10.1. The first-order valence-electron chi connectivity index (χ1n) is 15.3. The van der Waals surface area contributed by atoms with Gasteiger partial charge in [-0.2, -0.15) is 0 Å². The number of pyridine rings is 1. The van der Waals surface area contributed by atoms with Gasteiger partial charge in [-0.25, -0.2) is 9.97 Å². The number of anilines is 3. The van der Waals surface area contributed by atoms with Crippen LogP contribution in [0.1, 0.15) is 33.2 Å². The van der Waals surface area contributed by atoms with Crippen molar-refractivity contribution < 1.29 is 4.79 Å². The highest BCUT2D eigenvalue weighted by Crippen LogP contribution is 2.25. The lowest BCUT2D eigenvalue weighted by Crippen LogP contribution is -2.43. The number of rotatable bonds is 8. The Morgan fingerprint density at radius 3 is 2.33 bits per heavy atom. The molecule has 46 heavy (non-hydrogen) atoms. The van der Waals surface area contributed by atoms with Crippen LogP contribution >= 0.6 is 0 Å². The molecule has 0 bridgehead atoms. The topological polar surface area (TPSA) is 138 Å². The summed E-state index contributed by atoms with van der Waals surface area (Å²) in [6, 6.07) is 28.9. The van der Waals surface area contributed by atoms with Crippen LogP contribution in [0.5, 0.6) is 0 Å². The maximum Gasteiger partial charge on any atom is 0.255 e. The van der Waals surface area contributed by atoms with Crippen LogP contribution in [0.3, 0.4) is 0 Å². The third-order valence-electron chi connectivity index (χ3n) is 7.76. The molecular formula is C36H41N9O. The van der Waals surface area contributed by atoms with Crippen LogP contribution in [-0.4, -0.2) is 63.9 Å². The number of benzene rings is 3. The molecule has 0 radical (unpaired) electrons. The van der Waals surface area contributed by atoms with Gasteiger partial charge in [0.2, 0.25) is 5.95 Å². The van der Waals surface area contributed by atoms with Crippen molar-refractivity contribution >= 4 is 23.2 Å². The van der Waals surface area contributed by atoms with Gasteiger partial charge >= 0.3 is 0 Å². The SMILES string of the molecule is Cc1ccc(NC(=O)c2ccc(CN3CCN(C)CC3)cc2)cc1Nc1nccc(-c2cccnc2)n1.NC(N)c1ccccc1. The highest BCUT2D eigenvalue weighted by molar-refractivity contribution is 6.04. The van der Waals surface area contributed by atoms with E-state index in [2.05, 4.69) is 42.4 Å². The molecule has 0 saturated carbocycles. The van der Waals surface area contributed by atoms with E-state index >= 15 is 0 Å². The van der Waals surface area contributed by atoms with Gasteiger partial charge in [0.05, 0.1) is 11.9 Å². The smallest absolute Gasteiger partial charge is 0.255 e. The van der Waals surface area contributed by atoms with E-state index in [9.17, 15) is 4.79 Å². The minimum absolute atomic E-state index is 0.143. The number of aryl methyl sites for hydroxylation is 1. The lowest BCUT2D eigenvalue weighted by Gasteiger charge is -2.32. The zero-order valence-electron chi connectivity index (χ0n) is 26.3. The molecule has 0 aliphatic carbocycles. The van der Waals surface area contributed by atoms with E-state index in [1.165, 1.54) is 5.56 Å². The van der Waals surface area contributed by atoms with Crippen molar-refractivity contribution in [1.82, 2.24) is 24.8 Å². The number of nitrogens with zero attached hydrogens (tertiary/aromatic N) is 5. The molecule has 1 amide bonds. The largest absolute Gasteiger partial charge is 0.324 e. The van der Waals surface area contributed by atoms with Crippen molar-refractivity contribution in [2.45, 2.75) is 19.6 Å². The summed E-state index contributed by atoms with van der Waals surface area (Å²) < 4.78 is 0. The molecular weight excluding hydrogens is 574 g/mol. The molecule has 3 heterocycles. The number of nitrogens with two attached hydrogens (primary N) is 2. The van der Waals surface area contributed by atoms with Crippen molar-refractivity contribution in [2.75, 3.05) is 43.9 Å². The van der Waals surface area contributed by atoms with Crippen molar-refractivity contribution in [3.05, 3.63) is 132 Å². The normalized spacial score (nSPS) is 13.5. The van der Waals surface area contributed by atoms with Crippen molar-refractivity contribution in [3.63, 3.8) is 0 Å². The molecule has 2 aromatic heterocycles. The van der Waals surface area contributed by atoms with Crippen LogP contribution in [0.4, 0.5) is 17.3 Å². The molecule has 10 nitrogen and oxygen atoms in total. The molecule has 1 aliphatic heterocycles. The Balaban J connectivity index is 0.000000400. The minimum atomic E-state index is -0.341. The van der Waals surface area contributed by atoms with E-state index in [0.717, 1.165) is 60.8 Å². The summed E-state index contributed by atoms with van der Waals surface area (Å²) in [4.78, 5) is 30.9. The fourth-order valence-corrected chi connectivity index (χ4v) is 4.95. The molecule has 1 fully saturated rings. The molecule has 6 N–H and O–H groups in total. The third kappa shape index (κ3) is 9.26. The summed E-state index contributed by atoms with van der Waals surface area (Å²) >= 11 is 0. The van der Waals surface area contributed by atoms with Gasteiger partial charge in [-0.3, -0.25) is 14.7 Å². The van der Waals surface area contributed by atoms with Crippen molar-refractivity contribution in [2.24, 2.45) is 11.5 Å². The Hall–Kier alpha value is -5.00. The quantitative estimate of drug-likeness (QED) is 0.174. The number of nitrogens with one attached hydrogen (secondary N) is 2. The summed E-state index contributed by atoms with van der Waals surface area (Å²) in [5.74, 6) is 0.333. The van der Waals surface area contributed by atoms with E-state index in [1.807, 2.05) is 97.9 Å². The molecule has 236 valence electrons. The molecule has 10 heteroatoms. The highest BCUT2D eigenvalue weighted by atomic mass is 16.1. The predicted octanol–water partition coefficient (Wildman–Crippen LogP) is 5.19.